The van der Waals surface area contributed by atoms with Crippen molar-refractivity contribution in [2.45, 2.75) is 78.3 Å². The van der Waals surface area contributed by atoms with Gasteiger partial charge in [0.2, 0.25) is 5.91 Å². The van der Waals surface area contributed by atoms with Crippen molar-refractivity contribution < 1.29 is 37.4 Å². The molecule has 3 N–H and O–H groups in total. The molecule has 5 atom stereocenters. The van der Waals surface area contributed by atoms with Crippen molar-refractivity contribution in [1.29, 1.82) is 0 Å². The summed E-state index contributed by atoms with van der Waals surface area (Å²) in [6.07, 6.45) is 2.70. The highest BCUT2D eigenvalue weighted by atomic mass is 19.3. The Bertz CT molecular complexity index is 1440. The third kappa shape index (κ3) is 7.75. The van der Waals surface area contributed by atoms with E-state index < -0.39 is 66.6 Å². The smallest absolute Gasteiger partial charge is 0.345 e. The van der Waals surface area contributed by atoms with Crippen LogP contribution in [0.3, 0.4) is 0 Å². The Morgan fingerprint density at radius 1 is 1.07 bits per heavy atom. The van der Waals surface area contributed by atoms with Gasteiger partial charge in [-0.3, -0.25) is 29.2 Å². The first-order valence-electron chi connectivity index (χ1n) is 14.7. The van der Waals surface area contributed by atoms with E-state index in [0.29, 0.717) is 36.2 Å². The maximum absolute atomic E-state index is 13.5. The molecule has 5 bridgehead atoms. The molecule has 1 saturated heterocycles. The fraction of sp³-hybridized carbons (Fsp3) is 0.516. The number of nitrogens with one attached hydrogen (secondary N) is 3. The Morgan fingerprint density at radius 2 is 1.77 bits per heavy atom. The molecule has 0 aliphatic carbocycles. The van der Waals surface area contributed by atoms with E-state index in [1.54, 1.807) is 39.0 Å². The standard InChI is InChI=1S/C31H39F2N5O6/c1-17(2)25-27(40)35-19(4)28(41)38-14-6-7-23(37-38)26(39)34-18(3)22-11-10-21-9-8-20(15-24(21)36-22)12-13-31(5,29(42)44-25)16-43-30(32)33/h8-13,15,17-19,23,25,30,37H,6-7,14,16H2,1-5H3,(H,34,39)(H,35,40)/b13-12+/t18-,19+,23+,25+,31-/m1/s1. The van der Waals surface area contributed by atoms with Crippen molar-refractivity contribution in [2.75, 3.05) is 13.2 Å². The molecule has 1 aromatic heterocycles. The van der Waals surface area contributed by atoms with Gasteiger partial charge in [0.15, 0.2) is 6.10 Å². The van der Waals surface area contributed by atoms with Crippen molar-refractivity contribution in [3.05, 3.63) is 47.7 Å². The summed E-state index contributed by atoms with van der Waals surface area (Å²) >= 11 is 0. The third-order valence-corrected chi connectivity index (χ3v) is 7.76. The van der Waals surface area contributed by atoms with Crippen LogP contribution in [0.5, 0.6) is 0 Å². The molecule has 238 valence electrons. The van der Waals surface area contributed by atoms with Gasteiger partial charge in [-0.15, -0.1) is 0 Å². The van der Waals surface area contributed by atoms with E-state index in [1.165, 1.54) is 24.9 Å². The summed E-state index contributed by atoms with van der Waals surface area (Å²) in [6.45, 7) is 4.46. The van der Waals surface area contributed by atoms with E-state index >= 15 is 0 Å². The Labute approximate surface area is 254 Å². The highest BCUT2D eigenvalue weighted by molar-refractivity contribution is 5.91. The Hall–Kier alpha value is -3.97. The number of carbonyl (C=O) groups is 4. The number of alkyl halides is 2. The number of esters is 1. The van der Waals surface area contributed by atoms with E-state index in [-0.39, 0.29) is 5.91 Å². The number of hydrogen-bond donors (Lipinski definition) is 3. The van der Waals surface area contributed by atoms with Gasteiger partial charge >= 0.3 is 12.6 Å². The van der Waals surface area contributed by atoms with Crippen LogP contribution in [-0.2, 0) is 28.7 Å². The van der Waals surface area contributed by atoms with Crippen LogP contribution in [0.2, 0.25) is 0 Å². The Kier molecular flexibility index (Phi) is 10.3. The average molecular weight is 616 g/mol. The molecule has 13 heteroatoms. The quantitative estimate of drug-likeness (QED) is 0.446. The minimum atomic E-state index is -3.14. The molecule has 2 aromatic rings. The summed E-state index contributed by atoms with van der Waals surface area (Å²) in [7, 11) is 0. The number of rotatable bonds is 4. The molecular weight excluding hydrogens is 576 g/mol. The molecular formula is C31H39F2N5O6. The third-order valence-electron chi connectivity index (χ3n) is 7.76. The van der Waals surface area contributed by atoms with Crippen LogP contribution >= 0.6 is 0 Å². The summed E-state index contributed by atoms with van der Waals surface area (Å²) in [5.41, 5.74) is 3.12. The maximum Gasteiger partial charge on any atom is 0.345 e. The Morgan fingerprint density at radius 3 is 2.48 bits per heavy atom. The molecule has 11 nitrogen and oxygen atoms in total. The normalized spacial score (nSPS) is 28.2. The minimum Gasteiger partial charge on any atom is -0.451 e. The van der Waals surface area contributed by atoms with Crippen LogP contribution < -0.4 is 16.1 Å². The lowest BCUT2D eigenvalue weighted by Gasteiger charge is -2.35. The van der Waals surface area contributed by atoms with E-state index in [9.17, 15) is 28.0 Å². The van der Waals surface area contributed by atoms with Gasteiger partial charge in [0.25, 0.3) is 11.8 Å². The number of fused-ring (bicyclic) bond motifs is 4. The summed E-state index contributed by atoms with van der Waals surface area (Å²) in [5, 5.41) is 7.69. The van der Waals surface area contributed by atoms with E-state index in [2.05, 4.69) is 20.8 Å². The molecule has 44 heavy (non-hydrogen) atoms. The lowest BCUT2D eigenvalue weighted by atomic mass is 9.90. The van der Waals surface area contributed by atoms with Gasteiger partial charge in [-0.25, -0.2) is 5.43 Å². The van der Waals surface area contributed by atoms with E-state index in [4.69, 9.17) is 9.72 Å². The van der Waals surface area contributed by atoms with Gasteiger partial charge in [0, 0.05) is 11.9 Å². The molecule has 0 saturated carbocycles. The largest absolute Gasteiger partial charge is 0.451 e. The number of nitrogens with zero attached hydrogens (tertiary/aromatic N) is 2. The van der Waals surface area contributed by atoms with E-state index in [1.807, 2.05) is 18.2 Å². The molecule has 2 aliphatic rings. The molecule has 2 aliphatic heterocycles. The number of halogens is 2. The summed E-state index contributed by atoms with van der Waals surface area (Å²) in [6, 6.07) is 6.90. The first-order valence-corrected chi connectivity index (χ1v) is 14.7. The van der Waals surface area contributed by atoms with Crippen molar-refractivity contribution >= 4 is 40.7 Å². The van der Waals surface area contributed by atoms with Crippen LogP contribution in [0.15, 0.2) is 36.4 Å². The van der Waals surface area contributed by atoms with E-state index in [0.717, 1.165) is 5.39 Å². The lowest BCUT2D eigenvalue weighted by Crippen LogP contribution is -2.61. The number of ether oxygens (including phenoxy) is 2. The summed E-state index contributed by atoms with van der Waals surface area (Å²) in [4.78, 5) is 57.9. The number of benzene rings is 1. The van der Waals surface area contributed by atoms with Crippen LogP contribution in [0.4, 0.5) is 8.78 Å². The van der Waals surface area contributed by atoms with Crippen molar-refractivity contribution in [3.8, 4) is 0 Å². The zero-order chi connectivity index (χ0) is 32.2. The van der Waals surface area contributed by atoms with Gasteiger partial charge in [-0.1, -0.05) is 44.2 Å². The molecule has 0 radical (unpaired) electrons. The monoisotopic (exact) mass is 615 g/mol. The topological polar surface area (TPSA) is 139 Å². The number of hydrazine groups is 1. The van der Waals surface area contributed by atoms with Crippen LogP contribution in [0.1, 0.15) is 64.8 Å². The average Bonchev–Trinajstić information content (AvgIpc) is 2.99. The minimum absolute atomic E-state index is 0.298. The number of amides is 3. The molecule has 0 unspecified atom stereocenters. The molecule has 1 fully saturated rings. The first-order chi connectivity index (χ1) is 20.8. The molecule has 3 heterocycles. The second-order valence-electron chi connectivity index (χ2n) is 11.9. The highest BCUT2D eigenvalue weighted by Crippen LogP contribution is 2.27. The van der Waals surface area contributed by atoms with Gasteiger partial charge in [0.1, 0.15) is 17.5 Å². The molecule has 4 rings (SSSR count). The fourth-order valence-electron chi connectivity index (χ4n) is 5.04. The zero-order valence-electron chi connectivity index (χ0n) is 25.4. The van der Waals surface area contributed by atoms with Gasteiger partial charge < -0.3 is 20.1 Å². The first kappa shape index (κ1) is 32.9. The molecule has 1 aromatic carbocycles. The maximum atomic E-state index is 13.5. The predicted octanol–water partition coefficient (Wildman–Crippen LogP) is 3.25. The number of cyclic esters (lactones) is 1. The zero-order valence-corrected chi connectivity index (χ0v) is 25.4. The van der Waals surface area contributed by atoms with Crippen LogP contribution in [0, 0.1) is 11.3 Å². The predicted molar refractivity (Wildman–Crippen MR) is 158 cm³/mol. The van der Waals surface area contributed by atoms with Crippen molar-refractivity contribution in [2.24, 2.45) is 11.3 Å². The number of hydrogen-bond acceptors (Lipinski definition) is 8. The van der Waals surface area contributed by atoms with Crippen LogP contribution in [-0.4, -0.2) is 71.6 Å². The van der Waals surface area contributed by atoms with Crippen molar-refractivity contribution in [1.82, 2.24) is 26.1 Å². The second kappa shape index (κ2) is 13.8. The molecule has 3 amide bonds. The SMILES string of the molecule is CC(C)[C@@H]1OC(=O)[C@@](C)(COC(F)F)/C=C/c2ccc3ccc(nc3c2)[C@@H](C)NC(=O)[C@@H]2CCCN(N2)C(=O)[C@H](C)NC1=O. The van der Waals surface area contributed by atoms with Gasteiger partial charge in [-0.05, 0) is 57.2 Å². The fourth-order valence-corrected chi connectivity index (χ4v) is 5.04. The highest BCUT2D eigenvalue weighted by Gasteiger charge is 2.39. The van der Waals surface area contributed by atoms with Crippen LogP contribution in [0.25, 0.3) is 17.0 Å². The lowest BCUT2D eigenvalue weighted by molar-refractivity contribution is -0.179. The number of carbonyl (C=O) groups excluding carboxylic acids is 4. The number of aromatic nitrogens is 1. The van der Waals surface area contributed by atoms with Gasteiger partial charge in [0.05, 0.1) is 23.9 Å². The summed E-state index contributed by atoms with van der Waals surface area (Å²) in [5.74, 6) is -2.97. The Balaban J connectivity index is 1.75. The second-order valence-corrected chi connectivity index (χ2v) is 11.9. The summed E-state index contributed by atoms with van der Waals surface area (Å²) < 4.78 is 36.3. The van der Waals surface area contributed by atoms with Crippen molar-refractivity contribution in [3.63, 3.8) is 0 Å². The van der Waals surface area contributed by atoms with Gasteiger partial charge in [-0.2, -0.15) is 8.78 Å². The number of pyridine rings is 1. The molecule has 0 spiro atoms.